The van der Waals surface area contributed by atoms with Gasteiger partial charge in [-0.2, -0.15) is 0 Å². The third-order valence-corrected chi connectivity index (χ3v) is 5.64. The number of halogens is 1. The molecule has 0 aliphatic heterocycles. The Labute approximate surface area is 178 Å². The molecule has 1 aromatic heterocycles. The van der Waals surface area contributed by atoms with Gasteiger partial charge in [0.05, 0.1) is 0 Å². The zero-order valence-corrected chi connectivity index (χ0v) is 17.1. The molecule has 0 saturated carbocycles. The lowest BCUT2D eigenvalue weighted by molar-refractivity contribution is 0.102. The number of carbonyl (C=O) groups excluding carboxylic acids is 1. The molecule has 1 amide bonds. The molecule has 0 radical (unpaired) electrons. The van der Waals surface area contributed by atoms with Gasteiger partial charge in [0, 0.05) is 29.6 Å². The van der Waals surface area contributed by atoms with Crippen LogP contribution < -0.4 is 5.32 Å². The normalized spacial score (nSPS) is 10.7. The number of nitrogens with zero attached hydrogens (tertiary/aromatic N) is 3. The van der Waals surface area contributed by atoms with Gasteiger partial charge in [0.1, 0.15) is 5.82 Å². The van der Waals surface area contributed by atoms with Crippen molar-refractivity contribution in [2.45, 2.75) is 10.9 Å². The van der Waals surface area contributed by atoms with Gasteiger partial charge < -0.3 is 9.88 Å². The van der Waals surface area contributed by atoms with E-state index in [1.165, 1.54) is 12.1 Å². The molecule has 4 rings (SSSR count). The maximum atomic E-state index is 13.1. The Hall–Kier alpha value is -3.45. The van der Waals surface area contributed by atoms with Crippen molar-refractivity contribution in [3.05, 3.63) is 95.8 Å². The molecule has 0 fully saturated rings. The van der Waals surface area contributed by atoms with Crippen molar-refractivity contribution in [3.8, 4) is 11.4 Å². The molecule has 3 aromatic carbocycles. The number of benzene rings is 3. The highest BCUT2D eigenvalue weighted by molar-refractivity contribution is 7.98. The zero-order chi connectivity index (χ0) is 20.9. The van der Waals surface area contributed by atoms with Crippen molar-refractivity contribution < 1.29 is 9.18 Å². The first kappa shape index (κ1) is 19.8. The largest absolute Gasteiger partial charge is 0.322 e. The van der Waals surface area contributed by atoms with Crippen LogP contribution in [0.1, 0.15) is 15.9 Å². The molecule has 1 N–H and O–H groups in total. The molecule has 4 aromatic rings. The molecule has 150 valence electrons. The Kier molecular flexibility index (Phi) is 5.90. The van der Waals surface area contributed by atoms with E-state index in [4.69, 9.17) is 0 Å². The molecule has 0 aliphatic rings. The van der Waals surface area contributed by atoms with Gasteiger partial charge in [0.15, 0.2) is 11.0 Å². The quantitative estimate of drug-likeness (QED) is 0.439. The third-order valence-electron chi connectivity index (χ3n) is 4.55. The maximum absolute atomic E-state index is 13.1. The van der Waals surface area contributed by atoms with E-state index in [1.54, 1.807) is 23.9 Å². The van der Waals surface area contributed by atoms with Gasteiger partial charge in [0.25, 0.3) is 5.91 Å². The summed E-state index contributed by atoms with van der Waals surface area (Å²) in [6.45, 7) is 0. The number of hydrogen-bond donors (Lipinski definition) is 1. The number of anilines is 1. The molecule has 0 aliphatic carbocycles. The fourth-order valence-corrected chi connectivity index (χ4v) is 3.78. The van der Waals surface area contributed by atoms with E-state index in [9.17, 15) is 9.18 Å². The number of carbonyl (C=O) groups is 1. The number of hydrogen-bond acceptors (Lipinski definition) is 4. The van der Waals surface area contributed by atoms with Crippen LogP contribution in [-0.2, 0) is 12.8 Å². The minimum atomic E-state index is -0.281. The highest BCUT2D eigenvalue weighted by atomic mass is 32.2. The third kappa shape index (κ3) is 4.58. The Balaban J connectivity index is 1.39. The summed E-state index contributed by atoms with van der Waals surface area (Å²) >= 11 is 1.55. The number of amides is 1. The van der Waals surface area contributed by atoms with Crippen molar-refractivity contribution in [3.63, 3.8) is 0 Å². The molecule has 30 heavy (non-hydrogen) atoms. The van der Waals surface area contributed by atoms with Gasteiger partial charge in [-0.05, 0) is 54.1 Å². The number of para-hydroxylation sites is 1. The molecule has 0 spiro atoms. The van der Waals surface area contributed by atoms with Crippen molar-refractivity contribution in [2.75, 3.05) is 5.32 Å². The van der Waals surface area contributed by atoms with Gasteiger partial charge >= 0.3 is 0 Å². The Morgan fingerprint density at radius 1 is 0.967 bits per heavy atom. The van der Waals surface area contributed by atoms with E-state index in [2.05, 4.69) is 15.5 Å². The van der Waals surface area contributed by atoms with E-state index in [-0.39, 0.29) is 11.7 Å². The first-order valence-corrected chi connectivity index (χ1v) is 10.3. The number of nitrogens with one attached hydrogen (secondary N) is 1. The Morgan fingerprint density at radius 2 is 1.67 bits per heavy atom. The van der Waals surface area contributed by atoms with E-state index < -0.39 is 0 Å². The van der Waals surface area contributed by atoms with E-state index in [0.29, 0.717) is 17.1 Å². The predicted molar refractivity (Wildman–Crippen MR) is 117 cm³/mol. The van der Waals surface area contributed by atoms with Crippen molar-refractivity contribution in [1.29, 1.82) is 0 Å². The second kappa shape index (κ2) is 8.92. The average molecular weight is 418 g/mol. The topological polar surface area (TPSA) is 59.8 Å². The SMILES string of the molecule is Cn1c(SCc2ccc(C(=O)Nc3ccccc3)cc2)nnc1-c1ccc(F)cc1. The number of rotatable bonds is 6. The van der Waals surface area contributed by atoms with Crippen LogP contribution >= 0.6 is 11.8 Å². The Bertz CT molecular complexity index is 1140. The van der Waals surface area contributed by atoms with Crippen LogP contribution in [0.5, 0.6) is 0 Å². The summed E-state index contributed by atoms with van der Waals surface area (Å²) in [5.74, 6) is 0.954. The minimum absolute atomic E-state index is 0.141. The summed E-state index contributed by atoms with van der Waals surface area (Å²) in [4.78, 5) is 12.3. The molecule has 0 unspecified atom stereocenters. The lowest BCUT2D eigenvalue weighted by Crippen LogP contribution is -2.11. The van der Waals surface area contributed by atoms with Gasteiger partial charge in [-0.1, -0.05) is 42.1 Å². The monoisotopic (exact) mass is 418 g/mol. The molecule has 7 heteroatoms. The summed E-state index contributed by atoms with van der Waals surface area (Å²) in [5.41, 5.74) is 3.25. The van der Waals surface area contributed by atoms with E-state index in [0.717, 1.165) is 22.0 Å². The molecular formula is C23H19FN4OS. The van der Waals surface area contributed by atoms with Gasteiger partial charge in [-0.25, -0.2) is 4.39 Å². The lowest BCUT2D eigenvalue weighted by Gasteiger charge is -2.07. The Morgan fingerprint density at radius 3 is 2.37 bits per heavy atom. The summed E-state index contributed by atoms with van der Waals surface area (Å²) in [6, 6.07) is 23.1. The number of aromatic nitrogens is 3. The van der Waals surface area contributed by atoms with Crippen LogP contribution in [0.4, 0.5) is 10.1 Å². The molecular weight excluding hydrogens is 399 g/mol. The highest BCUT2D eigenvalue weighted by Crippen LogP contribution is 2.25. The van der Waals surface area contributed by atoms with Gasteiger partial charge in [-0.3, -0.25) is 4.79 Å². The molecule has 0 atom stereocenters. The summed E-state index contributed by atoms with van der Waals surface area (Å²) in [5, 5.41) is 12.1. The fourth-order valence-electron chi connectivity index (χ4n) is 2.92. The average Bonchev–Trinajstić information content (AvgIpc) is 3.14. The van der Waals surface area contributed by atoms with Crippen LogP contribution in [0.2, 0.25) is 0 Å². The van der Waals surface area contributed by atoms with Crippen molar-refractivity contribution >= 4 is 23.4 Å². The predicted octanol–water partition coefficient (Wildman–Crippen LogP) is 5.17. The summed E-state index contributed by atoms with van der Waals surface area (Å²) in [6.07, 6.45) is 0. The molecule has 0 saturated heterocycles. The minimum Gasteiger partial charge on any atom is -0.322 e. The van der Waals surface area contributed by atoms with E-state index in [1.807, 2.05) is 66.2 Å². The smallest absolute Gasteiger partial charge is 0.255 e. The molecule has 0 bridgehead atoms. The van der Waals surface area contributed by atoms with Gasteiger partial charge in [0.2, 0.25) is 0 Å². The highest BCUT2D eigenvalue weighted by Gasteiger charge is 2.12. The van der Waals surface area contributed by atoms with Gasteiger partial charge in [-0.15, -0.1) is 10.2 Å². The second-order valence-electron chi connectivity index (χ2n) is 6.68. The fraction of sp³-hybridized carbons (Fsp3) is 0.0870. The van der Waals surface area contributed by atoms with Crippen LogP contribution in [0.25, 0.3) is 11.4 Å². The van der Waals surface area contributed by atoms with Crippen LogP contribution in [0.15, 0.2) is 84.0 Å². The standard InChI is InChI=1S/C23H19FN4OS/c1-28-21(17-11-13-19(24)14-12-17)26-27-23(28)30-15-16-7-9-18(10-8-16)22(29)25-20-5-3-2-4-6-20/h2-14H,15H2,1H3,(H,25,29). The first-order chi connectivity index (χ1) is 14.6. The lowest BCUT2D eigenvalue weighted by atomic mass is 10.1. The van der Waals surface area contributed by atoms with Crippen LogP contribution in [0, 0.1) is 5.82 Å². The maximum Gasteiger partial charge on any atom is 0.255 e. The van der Waals surface area contributed by atoms with E-state index >= 15 is 0 Å². The van der Waals surface area contributed by atoms with Crippen LogP contribution in [-0.4, -0.2) is 20.7 Å². The first-order valence-electron chi connectivity index (χ1n) is 9.33. The number of thioether (sulfide) groups is 1. The molecule has 5 nitrogen and oxygen atoms in total. The zero-order valence-electron chi connectivity index (χ0n) is 16.2. The summed E-state index contributed by atoms with van der Waals surface area (Å²) < 4.78 is 15.0. The summed E-state index contributed by atoms with van der Waals surface area (Å²) in [7, 11) is 1.89. The second-order valence-corrected chi connectivity index (χ2v) is 7.62. The molecule has 1 heterocycles. The van der Waals surface area contributed by atoms with Crippen LogP contribution in [0.3, 0.4) is 0 Å². The van der Waals surface area contributed by atoms with Crippen molar-refractivity contribution in [1.82, 2.24) is 14.8 Å². The van der Waals surface area contributed by atoms with Crippen molar-refractivity contribution in [2.24, 2.45) is 7.05 Å².